The molecule has 21 heavy (non-hydrogen) atoms. The molecule has 0 amide bonds. The van der Waals surface area contributed by atoms with Crippen LogP contribution in [0.4, 0.5) is 17.1 Å². The van der Waals surface area contributed by atoms with Gasteiger partial charge in [0.15, 0.2) is 5.11 Å². The second-order valence-corrected chi connectivity index (χ2v) is 5.71. The van der Waals surface area contributed by atoms with Gasteiger partial charge in [-0.05, 0) is 36.5 Å². The van der Waals surface area contributed by atoms with E-state index in [2.05, 4.69) is 26.6 Å². The summed E-state index contributed by atoms with van der Waals surface area (Å²) in [4.78, 5) is 10.5. The molecule has 2 aromatic carbocycles. The average Bonchev–Trinajstić information content (AvgIpc) is 2.42. The van der Waals surface area contributed by atoms with Crippen molar-refractivity contribution in [3.63, 3.8) is 0 Å². The number of anilines is 2. The summed E-state index contributed by atoms with van der Waals surface area (Å²) < 4.78 is 0.843. The minimum absolute atomic E-state index is 0.0523. The molecular formula is C13H9BrClN3O2S. The van der Waals surface area contributed by atoms with Crippen LogP contribution >= 0.6 is 39.7 Å². The Balaban J connectivity index is 2.14. The van der Waals surface area contributed by atoms with Crippen LogP contribution < -0.4 is 10.6 Å². The Labute approximate surface area is 139 Å². The summed E-state index contributed by atoms with van der Waals surface area (Å²) >= 11 is 14.5. The number of thiocarbonyl (C=S) groups is 1. The van der Waals surface area contributed by atoms with E-state index in [1.54, 1.807) is 30.3 Å². The topological polar surface area (TPSA) is 67.2 Å². The second kappa shape index (κ2) is 6.84. The maximum atomic E-state index is 10.9. The summed E-state index contributed by atoms with van der Waals surface area (Å²) in [6.45, 7) is 0. The fourth-order valence-electron chi connectivity index (χ4n) is 1.61. The summed E-state index contributed by atoms with van der Waals surface area (Å²) in [5.41, 5.74) is 0.868. The van der Waals surface area contributed by atoms with Gasteiger partial charge in [-0.2, -0.15) is 0 Å². The van der Waals surface area contributed by atoms with E-state index in [0.29, 0.717) is 16.4 Å². The SMILES string of the molecule is O=[N+]([O-])c1ccccc1NC(=S)Nc1ccc(Br)cc1Cl. The van der Waals surface area contributed by atoms with E-state index in [0.717, 1.165) is 4.47 Å². The highest BCUT2D eigenvalue weighted by Crippen LogP contribution is 2.27. The number of nitrogens with zero attached hydrogens (tertiary/aromatic N) is 1. The molecule has 2 N–H and O–H groups in total. The van der Waals surface area contributed by atoms with Crippen LogP contribution in [0.15, 0.2) is 46.9 Å². The molecule has 108 valence electrons. The Bertz CT molecular complexity index is 712. The van der Waals surface area contributed by atoms with Gasteiger partial charge < -0.3 is 10.6 Å². The third-order valence-electron chi connectivity index (χ3n) is 2.53. The molecule has 2 rings (SSSR count). The maximum Gasteiger partial charge on any atom is 0.292 e. The highest BCUT2D eigenvalue weighted by molar-refractivity contribution is 9.10. The molecule has 0 unspecified atom stereocenters. The van der Waals surface area contributed by atoms with Gasteiger partial charge in [-0.25, -0.2) is 0 Å². The van der Waals surface area contributed by atoms with Gasteiger partial charge in [0.1, 0.15) is 5.69 Å². The molecule has 0 aliphatic heterocycles. The van der Waals surface area contributed by atoms with Crippen molar-refractivity contribution < 1.29 is 4.92 Å². The first-order valence-electron chi connectivity index (χ1n) is 5.74. The van der Waals surface area contributed by atoms with Crippen molar-refractivity contribution in [2.24, 2.45) is 0 Å². The fraction of sp³-hybridized carbons (Fsp3) is 0. The molecule has 0 aliphatic rings. The quantitative estimate of drug-likeness (QED) is 0.450. The van der Waals surface area contributed by atoms with Crippen molar-refractivity contribution >= 4 is 61.9 Å². The highest BCUT2D eigenvalue weighted by atomic mass is 79.9. The molecule has 0 saturated carbocycles. The third-order valence-corrected chi connectivity index (χ3v) is 3.54. The normalized spacial score (nSPS) is 10.0. The van der Waals surface area contributed by atoms with E-state index >= 15 is 0 Å². The van der Waals surface area contributed by atoms with Crippen LogP contribution in [0, 0.1) is 10.1 Å². The summed E-state index contributed by atoms with van der Waals surface area (Å²) in [7, 11) is 0. The number of para-hydroxylation sites is 2. The molecule has 8 heteroatoms. The zero-order valence-electron chi connectivity index (χ0n) is 10.5. The van der Waals surface area contributed by atoms with Crippen LogP contribution in [0.2, 0.25) is 5.02 Å². The van der Waals surface area contributed by atoms with Crippen molar-refractivity contribution in [3.05, 3.63) is 62.1 Å². The molecule has 0 heterocycles. The van der Waals surface area contributed by atoms with Gasteiger partial charge in [0.25, 0.3) is 5.69 Å². The maximum absolute atomic E-state index is 10.9. The van der Waals surface area contributed by atoms with Gasteiger partial charge in [-0.3, -0.25) is 10.1 Å². The number of hydrogen-bond donors (Lipinski definition) is 2. The minimum Gasteiger partial charge on any atom is -0.331 e. The van der Waals surface area contributed by atoms with Gasteiger partial charge in [-0.1, -0.05) is 39.7 Å². The number of rotatable bonds is 3. The Morgan fingerprint density at radius 2 is 1.86 bits per heavy atom. The molecule has 0 bridgehead atoms. The van der Waals surface area contributed by atoms with E-state index in [9.17, 15) is 10.1 Å². The van der Waals surface area contributed by atoms with Crippen molar-refractivity contribution in [2.75, 3.05) is 10.6 Å². The second-order valence-electron chi connectivity index (χ2n) is 3.98. The minimum atomic E-state index is -0.475. The Hall–Kier alpha value is -1.70. The number of benzene rings is 2. The van der Waals surface area contributed by atoms with E-state index in [4.69, 9.17) is 23.8 Å². The number of nitro benzene ring substituents is 1. The predicted octanol–water partition coefficient (Wildman–Crippen LogP) is 4.82. The van der Waals surface area contributed by atoms with Crippen LogP contribution in [-0.4, -0.2) is 10.0 Å². The van der Waals surface area contributed by atoms with Crippen LogP contribution in [0.1, 0.15) is 0 Å². The lowest BCUT2D eigenvalue weighted by Crippen LogP contribution is -2.19. The first-order valence-corrected chi connectivity index (χ1v) is 7.32. The zero-order chi connectivity index (χ0) is 15.4. The van der Waals surface area contributed by atoms with Crippen molar-refractivity contribution in [1.29, 1.82) is 0 Å². The molecular weight excluding hydrogens is 378 g/mol. The van der Waals surface area contributed by atoms with E-state index in [-0.39, 0.29) is 10.8 Å². The molecule has 2 aromatic rings. The lowest BCUT2D eigenvalue weighted by Gasteiger charge is -2.12. The van der Waals surface area contributed by atoms with Crippen LogP contribution in [0.5, 0.6) is 0 Å². The largest absolute Gasteiger partial charge is 0.331 e. The number of nitrogens with one attached hydrogen (secondary N) is 2. The zero-order valence-corrected chi connectivity index (χ0v) is 13.6. The first kappa shape index (κ1) is 15.7. The average molecular weight is 387 g/mol. The monoisotopic (exact) mass is 385 g/mol. The highest BCUT2D eigenvalue weighted by Gasteiger charge is 2.13. The third kappa shape index (κ3) is 4.13. The summed E-state index contributed by atoms with van der Waals surface area (Å²) in [6.07, 6.45) is 0. The van der Waals surface area contributed by atoms with Gasteiger partial charge in [0, 0.05) is 10.5 Å². The molecule has 0 saturated heterocycles. The lowest BCUT2D eigenvalue weighted by molar-refractivity contribution is -0.383. The number of hydrogen-bond acceptors (Lipinski definition) is 3. The molecule has 0 fully saturated rings. The van der Waals surface area contributed by atoms with Gasteiger partial charge in [0.05, 0.1) is 15.6 Å². The Kier molecular flexibility index (Phi) is 5.11. The van der Waals surface area contributed by atoms with Crippen LogP contribution in [-0.2, 0) is 0 Å². The number of nitro groups is 1. The van der Waals surface area contributed by atoms with E-state index < -0.39 is 4.92 Å². The molecule has 0 aliphatic carbocycles. The van der Waals surface area contributed by atoms with Gasteiger partial charge >= 0.3 is 0 Å². The molecule has 0 atom stereocenters. The molecule has 5 nitrogen and oxygen atoms in total. The smallest absolute Gasteiger partial charge is 0.292 e. The lowest BCUT2D eigenvalue weighted by atomic mass is 10.3. The van der Waals surface area contributed by atoms with Crippen LogP contribution in [0.3, 0.4) is 0 Å². The van der Waals surface area contributed by atoms with Crippen molar-refractivity contribution in [1.82, 2.24) is 0 Å². The summed E-state index contributed by atoms with van der Waals surface area (Å²) in [5, 5.41) is 17.3. The van der Waals surface area contributed by atoms with E-state index in [1.165, 1.54) is 6.07 Å². The van der Waals surface area contributed by atoms with Crippen molar-refractivity contribution in [2.45, 2.75) is 0 Å². The Morgan fingerprint density at radius 1 is 1.19 bits per heavy atom. The first-order chi connectivity index (χ1) is 9.97. The van der Waals surface area contributed by atoms with E-state index in [1.807, 2.05) is 6.07 Å². The Morgan fingerprint density at radius 3 is 2.52 bits per heavy atom. The van der Waals surface area contributed by atoms with Crippen LogP contribution in [0.25, 0.3) is 0 Å². The summed E-state index contributed by atoms with van der Waals surface area (Å²) in [6, 6.07) is 11.5. The predicted molar refractivity (Wildman–Crippen MR) is 92.1 cm³/mol. The van der Waals surface area contributed by atoms with Crippen molar-refractivity contribution in [3.8, 4) is 0 Å². The molecule has 0 aromatic heterocycles. The standard InChI is InChI=1S/C13H9BrClN3O2S/c14-8-5-6-10(9(15)7-8)16-13(21)17-11-3-1-2-4-12(11)18(19)20/h1-7H,(H2,16,17,21). The fourth-order valence-corrected chi connectivity index (χ4v) is 2.55. The molecule has 0 radical (unpaired) electrons. The molecule has 0 spiro atoms. The van der Waals surface area contributed by atoms with Gasteiger partial charge in [0.2, 0.25) is 0 Å². The number of halogens is 2. The summed E-state index contributed by atoms with van der Waals surface area (Å²) in [5.74, 6) is 0. The van der Waals surface area contributed by atoms with Gasteiger partial charge in [-0.15, -0.1) is 0 Å².